The van der Waals surface area contributed by atoms with Gasteiger partial charge in [-0.1, -0.05) is 150 Å². The number of fused-ring (bicyclic) bond motifs is 1. The smallest absolute Gasteiger partial charge is 0.344 e. The molecule has 6 aliphatic carbocycles. The monoisotopic (exact) mass is 1680 g/mol. The van der Waals surface area contributed by atoms with Crippen LogP contribution in [0.2, 0.25) is 0 Å². The van der Waals surface area contributed by atoms with Crippen molar-refractivity contribution in [2.75, 3.05) is 6.61 Å². The number of esters is 7. The molecule has 6 bridgehead atoms. The van der Waals surface area contributed by atoms with Crippen molar-refractivity contribution in [3.8, 4) is 39.9 Å². The lowest BCUT2D eigenvalue weighted by molar-refractivity contribution is -0.264. The standard InChI is InChI=1S/C18H20O2.C16H26O4.C16H24O3.C15H30O3.C14H20O4.C12H16O3.C10H14O/c1-4-18(2,3)17(19)20-16-12-10-15(11-13-16)14-8-6-5-7-9-14;1-4-13(2,3)12(17)20-16-7-11-5-14(18,9-16)8-15(19,6-11)10-16;1-6-12(2)13-7-9-14(10-8-13)18-11-15(17)19-16(3,4)5;1-9-15(7,8)13(16)18-12(17-11(2)3)10-14(4,5)6;1-4-14(2,3)13(16)18-10-7-5-8-9(6-7)12(15)17-11(8)10;1-4-12(2,3)11(14)15-10-7-5-9(13)6-8-10;1-3-8(2)9-4-6-10(11)7-5-9/h5-13H,4H2,1-3H3;11,18-19H,4-10H2,1-3H3;7-10,12H,6,11H2,1-5H3;11-12H,9-10H2,1-8H3;7-11H,4-6H2,1-3H3;5-8,13H,4H2,1-3H3;4-8,11H,3H2,1-2H3. The molecular weight excluding hydrogens is 1530 g/mol. The van der Waals surface area contributed by atoms with Gasteiger partial charge in [0, 0.05) is 37.5 Å². The molecule has 5 aromatic carbocycles. The van der Waals surface area contributed by atoms with Crippen LogP contribution in [0.4, 0.5) is 0 Å². The summed E-state index contributed by atoms with van der Waals surface area (Å²) >= 11 is 0. The van der Waals surface area contributed by atoms with Gasteiger partial charge in [-0.2, -0.15) is 0 Å². The van der Waals surface area contributed by atoms with Crippen LogP contribution in [-0.4, -0.2) is 116 Å². The lowest BCUT2D eigenvalue weighted by atomic mass is 9.50. The van der Waals surface area contributed by atoms with Gasteiger partial charge in [0.1, 0.15) is 52.2 Å². The molecule has 10 atom stereocenters. The molecule has 10 unspecified atom stereocenters. The average Bonchev–Trinajstić information content (AvgIpc) is 1.25. The number of ether oxygens (including phenoxy) is 9. The van der Waals surface area contributed by atoms with E-state index in [-0.39, 0.29) is 89.7 Å². The second-order valence-electron chi connectivity index (χ2n) is 40.1. The zero-order chi connectivity index (χ0) is 91.2. The van der Waals surface area contributed by atoms with Crippen LogP contribution >= 0.6 is 0 Å². The van der Waals surface area contributed by atoms with Gasteiger partial charge < -0.3 is 63.1 Å². The topological polar surface area (TPSA) is 283 Å². The summed E-state index contributed by atoms with van der Waals surface area (Å²) in [6.45, 7) is 53.1. The van der Waals surface area contributed by atoms with E-state index in [4.69, 9.17) is 52.8 Å². The van der Waals surface area contributed by atoms with E-state index in [9.17, 15) is 43.8 Å². The number of aliphatic hydroxyl groups is 2. The Morgan fingerprint density at radius 3 is 1.33 bits per heavy atom. The molecule has 0 aromatic heterocycles. The van der Waals surface area contributed by atoms with Gasteiger partial charge in [-0.25, -0.2) is 4.79 Å². The quantitative estimate of drug-likeness (QED) is 0.0173. The van der Waals surface area contributed by atoms with Crippen LogP contribution < -0.4 is 14.2 Å². The molecule has 121 heavy (non-hydrogen) atoms. The second-order valence-corrected chi connectivity index (χ2v) is 40.1. The van der Waals surface area contributed by atoms with E-state index in [1.807, 2.05) is 217 Å². The van der Waals surface area contributed by atoms with Gasteiger partial charge >= 0.3 is 41.8 Å². The molecule has 20 heteroatoms. The van der Waals surface area contributed by atoms with Gasteiger partial charge in [-0.15, -0.1) is 0 Å². The van der Waals surface area contributed by atoms with Crippen molar-refractivity contribution in [1.29, 1.82) is 0 Å². The van der Waals surface area contributed by atoms with E-state index < -0.39 is 55.8 Å². The molecule has 674 valence electrons. The highest BCUT2D eigenvalue weighted by molar-refractivity contribution is 5.80. The van der Waals surface area contributed by atoms with Crippen molar-refractivity contribution in [2.45, 2.75) is 349 Å². The third-order valence-electron chi connectivity index (χ3n) is 24.7. The highest BCUT2D eigenvalue weighted by atomic mass is 16.7. The van der Waals surface area contributed by atoms with E-state index in [0.717, 1.165) is 88.2 Å². The molecule has 4 N–H and O–H groups in total. The molecule has 20 nitrogen and oxygen atoms in total. The first-order valence-electron chi connectivity index (χ1n) is 44.1. The van der Waals surface area contributed by atoms with Crippen molar-refractivity contribution in [1.82, 2.24) is 0 Å². The van der Waals surface area contributed by atoms with Gasteiger partial charge in [0.15, 0.2) is 6.61 Å². The highest BCUT2D eigenvalue weighted by Gasteiger charge is 2.66. The van der Waals surface area contributed by atoms with Crippen LogP contribution in [0.3, 0.4) is 0 Å². The fourth-order valence-corrected chi connectivity index (χ4v) is 15.0. The molecule has 1 aliphatic heterocycles. The molecule has 7 fully saturated rings. The molecule has 0 spiro atoms. The average molecular weight is 1680 g/mol. The predicted molar refractivity (Wildman–Crippen MR) is 474 cm³/mol. The second kappa shape index (κ2) is 43.8. The number of hydrogen-bond donors (Lipinski definition) is 4. The number of rotatable bonds is 26. The number of aromatic hydroxyl groups is 2. The van der Waals surface area contributed by atoms with E-state index in [2.05, 4.69) is 60.6 Å². The minimum Gasteiger partial charge on any atom is -0.508 e. The SMILES string of the molecule is CCC(C)(C)C(=O)OC(CC(C)(C)C)OC(C)C.CCC(C)(C)C(=O)OC12CC3CC(O)(CC(O)(C3)C1)C2.CCC(C)(C)C(=O)OC1C2CC3C(=O)OC1C3C2.CCC(C)(C)C(=O)Oc1ccc(-c2ccccc2)cc1.CCC(C)(C)C(=O)Oc1ccc(O)cc1.CCC(C)c1ccc(O)cc1.CCC(C)c1ccc(OCC(=O)OC(C)(C)C)cc1. The largest absolute Gasteiger partial charge is 0.508 e. The Kier molecular flexibility index (Phi) is 37.4. The first-order chi connectivity index (χ1) is 56.0. The fourth-order valence-electron chi connectivity index (χ4n) is 15.0. The van der Waals surface area contributed by atoms with Gasteiger partial charge in [0.25, 0.3) is 0 Å². The molecule has 7 aliphatic rings. The fraction of sp³-hybridized carbons (Fsp3) is 0.634. The Balaban J connectivity index is 0.000000253. The Bertz CT molecular complexity index is 4070. The maximum absolute atomic E-state index is 12.4. The summed E-state index contributed by atoms with van der Waals surface area (Å²) < 4.78 is 49.3. The molecule has 0 radical (unpaired) electrons. The summed E-state index contributed by atoms with van der Waals surface area (Å²) in [5, 5.41) is 39.4. The molecule has 1 heterocycles. The molecular formula is C101H150O20. The third-order valence-corrected chi connectivity index (χ3v) is 24.7. The van der Waals surface area contributed by atoms with Crippen molar-refractivity contribution in [3.05, 3.63) is 139 Å². The highest BCUT2D eigenvalue weighted by Crippen LogP contribution is 2.61. The van der Waals surface area contributed by atoms with Crippen LogP contribution in [0, 0.1) is 56.2 Å². The summed E-state index contributed by atoms with van der Waals surface area (Å²) in [4.78, 5) is 83.4. The van der Waals surface area contributed by atoms with Gasteiger partial charge in [-0.05, 0) is 287 Å². The van der Waals surface area contributed by atoms with Gasteiger partial charge in [-0.3, -0.25) is 28.8 Å². The Labute approximate surface area is 724 Å². The zero-order valence-corrected chi connectivity index (χ0v) is 78.2. The van der Waals surface area contributed by atoms with Crippen molar-refractivity contribution < 1.29 is 96.6 Å². The number of benzene rings is 5. The van der Waals surface area contributed by atoms with Crippen LogP contribution in [0.25, 0.3) is 11.1 Å². The van der Waals surface area contributed by atoms with E-state index in [1.165, 1.54) is 23.3 Å². The zero-order valence-electron chi connectivity index (χ0n) is 78.2. The number of phenolic OH excluding ortho intramolecular Hbond substituents is 2. The molecule has 1 saturated heterocycles. The Morgan fingerprint density at radius 2 is 0.901 bits per heavy atom. The Hall–Kier alpha value is -8.33. The van der Waals surface area contributed by atoms with Crippen molar-refractivity contribution >= 4 is 41.8 Å². The van der Waals surface area contributed by atoms with Crippen LogP contribution in [-0.2, 0) is 62.0 Å². The first kappa shape index (κ1) is 103. The van der Waals surface area contributed by atoms with E-state index in [0.29, 0.717) is 72.4 Å². The molecule has 5 aromatic rings. The Morgan fingerprint density at radius 1 is 0.488 bits per heavy atom. The van der Waals surface area contributed by atoms with Gasteiger partial charge in [0.05, 0.1) is 50.3 Å². The maximum Gasteiger partial charge on any atom is 0.344 e. The summed E-state index contributed by atoms with van der Waals surface area (Å²) in [7, 11) is 0. The normalized spacial score (nSPS) is 22.4. The summed E-state index contributed by atoms with van der Waals surface area (Å²) in [5.41, 5.74) is -0.221. The number of carbonyl (C=O) groups excluding carboxylic acids is 7. The number of phenols is 2. The van der Waals surface area contributed by atoms with E-state index in [1.54, 1.807) is 24.3 Å². The summed E-state index contributed by atoms with van der Waals surface area (Å²) in [5.74, 6) is 2.94. The number of hydrogen-bond acceptors (Lipinski definition) is 20. The lowest BCUT2D eigenvalue weighted by Gasteiger charge is -2.62. The summed E-state index contributed by atoms with van der Waals surface area (Å²) in [6, 6.07) is 39.1. The molecule has 12 rings (SSSR count). The predicted octanol–water partition coefficient (Wildman–Crippen LogP) is 22.5. The maximum atomic E-state index is 12.4. The number of carbonyl (C=O) groups is 7. The third kappa shape index (κ3) is 31.8. The summed E-state index contributed by atoms with van der Waals surface area (Å²) in [6.07, 6.45) is 11.4. The van der Waals surface area contributed by atoms with Crippen molar-refractivity contribution in [3.63, 3.8) is 0 Å². The van der Waals surface area contributed by atoms with E-state index >= 15 is 0 Å². The van der Waals surface area contributed by atoms with Crippen molar-refractivity contribution in [2.24, 2.45) is 56.2 Å². The van der Waals surface area contributed by atoms with Crippen LogP contribution in [0.15, 0.2) is 127 Å². The molecule has 6 saturated carbocycles. The molecule has 0 amide bonds. The minimum atomic E-state index is -0.842. The van der Waals surface area contributed by atoms with Crippen LogP contribution in [0.1, 0.15) is 313 Å². The lowest BCUT2D eigenvalue weighted by Crippen LogP contribution is -2.67. The minimum absolute atomic E-state index is 0.0508. The van der Waals surface area contributed by atoms with Crippen LogP contribution in [0.5, 0.6) is 28.7 Å². The first-order valence-corrected chi connectivity index (χ1v) is 44.1. The van der Waals surface area contributed by atoms with Gasteiger partial charge in [0.2, 0.25) is 6.29 Å².